The Balaban J connectivity index is 2.06. The number of hydrogen-bond acceptors (Lipinski definition) is 3. The number of hydrogen-bond donors (Lipinski definition) is 0. The molecule has 4 nitrogen and oxygen atoms in total. The van der Waals surface area contributed by atoms with Crippen molar-refractivity contribution in [1.82, 2.24) is 9.80 Å². The second-order valence-electron chi connectivity index (χ2n) is 8.63. The summed E-state index contributed by atoms with van der Waals surface area (Å²) >= 11 is 0. The highest BCUT2D eigenvalue weighted by Gasteiger charge is 2.54. The molecule has 1 amide bonds. The molecule has 0 aliphatic carbocycles. The fourth-order valence-corrected chi connectivity index (χ4v) is 4.37. The van der Waals surface area contributed by atoms with Crippen LogP contribution in [0, 0.1) is 10.8 Å². The Kier molecular flexibility index (Phi) is 4.07. The van der Waals surface area contributed by atoms with Gasteiger partial charge in [-0.1, -0.05) is 39.0 Å². The van der Waals surface area contributed by atoms with Crippen LogP contribution in [-0.2, 0) is 0 Å². The van der Waals surface area contributed by atoms with E-state index in [1.54, 1.807) is 6.07 Å². The highest BCUT2D eigenvalue weighted by atomic mass is 16.2. The lowest BCUT2D eigenvalue weighted by Gasteiger charge is -2.34. The number of likely N-dealkylation sites (tertiary alicyclic amines) is 1. The molecule has 2 aliphatic rings. The molecule has 2 heterocycles. The molecular weight excluding hydrogens is 300 g/mol. The zero-order valence-corrected chi connectivity index (χ0v) is 15.4. The summed E-state index contributed by atoms with van der Waals surface area (Å²) in [6, 6.07) is 7.23. The molecule has 0 N–H and O–H groups in total. The van der Waals surface area contributed by atoms with Crippen LogP contribution in [0.4, 0.5) is 0 Å². The molecule has 1 aromatic rings. The van der Waals surface area contributed by atoms with Gasteiger partial charge in [0.25, 0.3) is 5.91 Å². The van der Waals surface area contributed by atoms with E-state index >= 15 is 0 Å². The van der Waals surface area contributed by atoms with Gasteiger partial charge in [0.15, 0.2) is 5.78 Å². The molecule has 2 atom stereocenters. The maximum Gasteiger partial charge on any atom is 0.254 e. The molecule has 3 rings (SSSR count). The average molecular weight is 328 g/mol. The largest absolute Gasteiger partial charge is 0.334 e. The minimum atomic E-state index is -0.538. The third-order valence-corrected chi connectivity index (χ3v) is 5.32. The fraction of sp³-hybridized carbons (Fsp3) is 0.600. The van der Waals surface area contributed by atoms with Crippen LogP contribution in [0.15, 0.2) is 24.3 Å². The van der Waals surface area contributed by atoms with E-state index in [9.17, 15) is 9.59 Å². The number of rotatable bonds is 2. The summed E-state index contributed by atoms with van der Waals surface area (Å²) < 4.78 is 0. The summed E-state index contributed by atoms with van der Waals surface area (Å²) in [5, 5.41) is 0. The smallest absolute Gasteiger partial charge is 0.254 e. The molecular formula is C20H28N2O2. The summed E-state index contributed by atoms with van der Waals surface area (Å²) in [5.74, 6) is 0.108. The number of nitrogens with zero attached hydrogens (tertiary/aromatic N) is 2. The molecule has 0 unspecified atom stereocenters. The van der Waals surface area contributed by atoms with Gasteiger partial charge >= 0.3 is 0 Å². The topological polar surface area (TPSA) is 40.6 Å². The standard InChI is InChI=1S/C20H28N2O2/c1-6-22-16-11-21(12-19(2,3)4)13-20(16,5)17(23)14-9-7-8-10-15(14)18(22)24/h7-10,16H,6,11-13H2,1-5H3/t16-,20+/m1/s1. The van der Waals surface area contributed by atoms with Crippen LogP contribution in [-0.4, -0.2) is 53.7 Å². The number of Topliss-reactive ketones (excluding diaryl/α,β-unsaturated/α-hetero) is 1. The van der Waals surface area contributed by atoms with Crippen LogP contribution >= 0.6 is 0 Å². The van der Waals surface area contributed by atoms with Gasteiger partial charge in [0.2, 0.25) is 0 Å². The van der Waals surface area contributed by atoms with Crippen LogP contribution in [0.25, 0.3) is 0 Å². The summed E-state index contributed by atoms with van der Waals surface area (Å²) in [4.78, 5) is 30.7. The number of benzene rings is 1. The predicted molar refractivity (Wildman–Crippen MR) is 95.3 cm³/mol. The lowest BCUT2D eigenvalue weighted by Crippen LogP contribution is -2.49. The molecule has 0 radical (unpaired) electrons. The van der Waals surface area contributed by atoms with E-state index in [-0.39, 0.29) is 23.1 Å². The van der Waals surface area contributed by atoms with Gasteiger partial charge in [-0.25, -0.2) is 0 Å². The number of carbonyl (C=O) groups excluding carboxylic acids is 2. The van der Waals surface area contributed by atoms with E-state index in [1.165, 1.54) is 0 Å². The molecule has 0 bridgehead atoms. The van der Waals surface area contributed by atoms with Gasteiger partial charge in [0.1, 0.15) is 0 Å². The Morgan fingerprint density at radius 1 is 1.17 bits per heavy atom. The van der Waals surface area contributed by atoms with Gasteiger partial charge < -0.3 is 4.90 Å². The molecule has 0 spiro atoms. The first kappa shape index (κ1) is 17.2. The van der Waals surface area contributed by atoms with E-state index in [4.69, 9.17) is 0 Å². The van der Waals surface area contributed by atoms with E-state index < -0.39 is 5.41 Å². The monoisotopic (exact) mass is 328 g/mol. The molecule has 4 heteroatoms. The number of ketones is 1. The van der Waals surface area contributed by atoms with Crippen molar-refractivity contribution >= 4 is 11.7 Å². The van der Waals surface area contributed by atoms with Gasteiger partial charge in [-0.05, 0) is 25.3 Å². The molecule has 1 fully saturated rings. The van der Waals surface area contributed by atoms with E-state index in [2.05, 4.69) is 25.7 Å². The van der Waals surface area contributed by atoms with Crippen molar-refractivity contribution in [2.75, 3.05) is 26.2 Å². The summed E-state index contributed by atoms with van der Waals surface area (Å²) in [6.45, 7) is 13.7. The predicted octanol–water partition coefficient (Wildman–Crippen LogP) is 3.08. The van der Waals surface area contributed by atoms with Crippen LogP contribution in [0.5, 0.6) is 0 Å². The minimum absolute atomic E-state index is 0.00668. The molecule has 0 saturated carbocycles. The first-order chi connectivity index (χ1) is 11.2. The third kappa shape index (κ3) is 2.67. The van der Waals surface area contributed by atoms with Crippen LogP contribution in [0.3, 0.4) is 0 Å². The maximum absolute atomic E-state index is 13.4. The Labute approximate surface area is 144 Å². The van der Waals surface area contributed by atoms with Crippen molar-refractivity contribution in [3.63, 3.8) is 0 Å². The molecule has 1 aromatic carbocycles. The van der Waals surface area contributed by atoms with Crippen molar-refractivity contribution in [2.45, 2.75) is 40.7 Å². The van der Waals surface area contributed by atoms with E-state index in [1.807, 2.05) is 36.9 Å². The Hall–Kier alpha value is -1.68. The number of fused-ring (bicyclic) bond motifs is 2. The normalized spacial score (nSPS) is 27.9. The zero-order valence-electron chi connectivity index (χ0n) is 15.4. The zero-order chi connectivity index (χ0) is 17.7. The van der Waals surface area contributed by atoms with Crippen molar-refractivity contribution in [2.24, 2.45) is 10.8 Å². The van der Waals surface area contributed by atoms with Crippen molar-refractivity contribution < 1.29 is 9.59 Å². The highest BCUT2D eigenvalue weighted by molar-refractivity contribution is 6.12. The summed E-state index contributed by atoms with van der Waals surface area (Å²) in [5.41, 5.74) is 0.775. The SMILES string of the molecule is CCN1C(=O)c2ccccc2C(=O)[C@@]2(C)CN(CC(C)(C)C)C[C@@H]12. The number of carbonyl (C=O) groups is 2. The van der Waals surface area contributed by atoms with Crippen molar-refractivity contribution in [3.8, 4) is 0 Å². The molecule has 24 heavy (non-hydrogen) atoms. The molecule has 130 valence electrons. The summed E-state index contributed by atoms with van der Waals surface area (Å²) in [7, 11) is 0. The third-order valence-electron chi connectivity index (χ3n) is 5.32. The van der Waals surface area contributed by atoms with Gasteiger partial charge in [0, 0.05) is 31.7 Å². The summed E-state index contributed by atoms with van der Waals surface area (Å²) in [6.07, 6.45) is 0. The van der Waals surface area contributed by atoms with Crippen molar-refractivity contribution in [1.29, 1.82) is 0 Å². The van der Waals surface area contributed by atoms with Gasteiger partial charge in [-0.2, -0.15) is 0 Å². The lowest BCUT2D eigenvalue weighted by atomic mass is 9.78. The van der Waals surface area contributed by atoms with Crippen LogP contribution in [0.2, 0.25) is 0 Å². The van der Waals surface area contributed by atoms with E-state index in [0.717, 1.165) is 13.1 Å². The quantitative estimate of drug-likeness (QED) is 0.838. The highest BCUT2D eigenvalue weighted by Crippen LogP contribution is 2.41. The van der Waals surface area contributed by atoms with Gasteiger partial charge in [-0.15, -0.1) is 0 Å². The Morgan fingerprint density at radius 3 is 2.38 bits per heavy atom. The van der Waals surface area contributed by atoms with Crippen LogP contribution < -0.4 is 0 Å². The Bertz CT molecular complexity index is 676. The molecule has 1 saturated heterocycles. The lowest BCUT2D eigenvalue weighted by molar-refractivity contribution is 0.0560. The van der Waals surface area contributed by atoms with Gasteiger partial charge in [0.05, 0.1) is 17.0 Å². The van der Waals surface area contributed by atoms with Crippen molar-refractivity contribution in [3.05, 3.63) is 35.4 Å². The van der Waals surface area contributed by atoms with E-state index in [0.29, 0.717) is 24.2 Å². The molecule has 2 aliphatic heterocycles. The Morgan fingerprint density at radius 2 is 1.79 bits per heavy atom. The van der Waals surface area contributed by atoms with Crippen LogP contribution in [0.1, 0.15) is 55.3 Å². The first-order valence-corrected chi connectivity index (χ1v) is 8.84. The van der Waals surface area contributed by atoms with Gasteiger partial charge in [-0.3, -0.25) is 14.5 Å². The number of amides is 1. The minimum Gasteiger partial charge on any atom is -0.334 e. The maximum atomic E-state index is 13.4. The average Bonchev–Trinajstić information content (AvgIpc) is 2.80. The second-order valence-corrected chi connectivity index (χ2v) is 8.63. The first-order valence-electron chi connectivity index (χ1n) is 8.84. The molecule has 0 aromatic heterocycles. The fourth-order valence-electron chi connectivity index (χ4n) is 4.37. The number of likely N-dealkylation sites (N-methyl/N-ethyl adjacent to an activating group) is 1. The second kappa shape index (κ2) is 5.69.